The van der Waals surface area contributed by atoms with E-state index in [1.54, 1.807) is 15.9 Å². The van der Waals surface area contributed by atoms with E-state index in [0.29, 0.717) is 57.5 Å². The Morgan fingerprint density at radius 3 is 2.26 bits per heavy atom. The summed E-state index contributed by atoms with van der Waals surface area (Å²) in [5.74, 6) is 0.199. The highest BCUT2D eigenvalue weighted by molar-refractivity contribution is 5.97. The molecule has 46 heavy (non-hydrogen) atoms. The number of ether oxygens (including phenoxy) is 2. The number of piperidine rings is 1. The van der Waals surface area contributed by atoms with Crippen LogP contribution in [0.3, 0.4) is 0 Å². The van der Waals surface area contributed by atoms with Gasteiger partial charge in [-0.2, -0.15) is 0 Å². The number of carboxylic acid groups (broad SMARTS) is 1. The van der Waals surface area contributed by atoms with Gasteiger partial charge in [0.25, 0.3) is 5.91 Å². The number of aromatic nitrogens is 2. The van der Waals surface area contributed by atoms with E-state index in [0.717, 1.165) is 31.2 Å². The minimum atomic E-state index is -1.27. The molecule has 5 rings (SSSR count). The molecule has 3 amide bonds. The molecule has 2 aliphatic heterocycles. The Morgan fingerprint density at radius 2 is 1.63 bits per heavy atom. The maximum absolute atomic E-state index is 13.7. The highest BCUT2D eigenvalue weighted by Gasteiger charge is 2.59. The second-order valence-corrected chi connectivity index (χ2v) is 12.6. The number of rotatable bonds is 12. The van der Waals surface area contributed by atoms with Crippen LogP contribution in [-0.2, 0) is 14.3 Å². The fraction of sp³-hybridized carbons (Fsp3) is 0.576. The van der Waals surface area contributed by atoms with Crippen LogP contribution in [0, 0.1) is 17.8 Å². The zero-order chi connectivity index (χ0) is 32.8. The Bertz CT molecular complexity index is 1390. The topological polar surface area (TPSA) is 154 Å². The third kappa shape index (κ3) is 7.86. The number of piperazine rings is 1. The maximum Gasteiger partial charge on any atom is 0.506 e. The fourth-order valence-electron chi connectivity index (χ4n) is 6.19. The third-order valence-electron chi connectivity index (χ3n) is 8.95. The predicted molar refractivity (Wildman–Crippen MR) is 169 cm³/mol. The monoisotopic (exact) mass is 636 g/mol. The van der Waals surface area contributed by atoms with Crippen molar-refractivity contribution >= 4 is 29.9 Å². The summed E-state index contributed by atoms with van der Waals surface area (Å²) in [7, 11) is 0. The smallest absolute Gasteiger partial charge is 0.450 e. The molecule has 13 nitrogen and oxygen atoms in total. The van der Waals surface area contributed by atoms with Gasteiger partial charge in [0.2, 0.25) is 5.91 Å². The van der Waals surface area contributed by atoms with Crippen LogP contribution in [-0.4, -0.2) is 107 Å². The van der Waals surface area contributed by atoms with E-state index in [-0.39, 0.29) is 41.6 Å². The lowest BCUT2D eigenvalue weighted by molar-refractivity contribution is -0.136. The zero-order valence-corrected chi connectivity index (χ0v) is 26.8. The lowest BCUT2D eigenvalue weighted by atomic mass is 10.0. The quantitative estimate of drug-likeness (QED) is 0.259. The number of benzene rings is 1. The Labute approximate surface area is 269 Å². The number of nitrogens with one attached hydrogen (secondary N) is 1. The average Bonchev–Trinajstić information content (AvgIpc) is 3.47. The summed E-state index contributed by atoms with van der Waals surface area (Å²) < 4.78 is 10.4. The van der Waals surface area contributed by atoms with Gasteiger partial charge in [-0.25, -0.2) is 19.6 Å². The first kappa shape index (κ1) is 33.0. The summed E-state index contributed by atoms with van der Waals surface area (Å²) in [6.45, 7) is 8.82. The van der Waals surface area contributed by atoms with Crippen molar-refractivity contribution < 1.29 is 33.8 Å². The van der Waals surface area contributed by atoms with E-state index in [9.17, 15) is 19.2 Å². The van der Waals surface area contributed by atoms with E-state index < -0.39 is 18.1 Å². The van der Waals surface area contributed by atoms with Crippen LogP contribution >= 0.6 is 0 Å². The fourth-order valence-corrected chi connectivity index (χ4v) is 6.19. The molecule has 2 N–H and O–H groups in total. The molecule has 13 heteroatoms. The lowest BCUT2D eigenvalue weighted by Gasteiger charge is -2.36. The van der Waals surface area contributed by atoms with Gasteiger partial charge < -0.3 is 34.6 Å². The van der Waals surface area contributed by atoms with Gasteiger partial charge in [-0.05, 0) is 12.3 Å². The summed E-state index contributed by atoms with van der Waals surface area (Å²) in [5, 5.41) is 11.9. The molecule has 2 aromatic rings. The van der Waals surface area contributed by atoms with Gasteiger partial charge in [0, 0.05) is 62.7 Å². The minimum absolute atomic E-state index is 0.0829. The number of hydrogen-bond acceptors (Lipinski definition) is 9. The second-order valence-electron chi connectivity index (χ2n) is 12.6. The van der Waals surface area contributed by atoms with Gasteiger partial charge in [0.05, 0.1) is 6.61 Å². The van der Waals surface area contributed by atoms with Crippen molar-refractivity contribution in [2.45, 2.75) is 58.6 Å². The Hall–Kier alpha value is -4.42. The number of hydrogen-bond donors (Lipinski definition) is 2. The van der Waals surface area contributed by atoms with Crippen LogP contribution in [0.5, 0.6) is 0 Å². The first-order chi connectivity index (χ1) is 22.2. The summed E-state index contributed by atoms with van der Waals surface area (Å²) in [6.07, 6.45) is 2.16. The predicted octanol–water partition coefficient (Wildman–Crippen LogP) is 3.89. The molecule has 3 fully saturated rings. The van der Waals surface area contributed by atoms with Crippen LogP contribution in [0.4, 0.5) is 15.4 Å². The average molecular weight is 637 g/mol. The number of carbonyl (C=O) groups excluding carboxylic acids is 3. The van der Waals surface area contributed by atoms with Gasteiger partial charge >= 0.3 is 12.2 Å². The molecule has 248 valence electrons. The van der Waals surface area contributed by atoms with E-state index in [1.165, 1.54) is 0 Å². The second kappa shape index (κ2) is 14.8. The molecule has 4 atom stereocenters. The van der Waals surface area contributed by atoms with Crippen molar-refractivity contribution in [1.82, 2.24) is 25.1 Å². The van der Waals surface area contributed by atoms with E-state index in [1.807, 2.05) is 49.1 Å². The zero-order valence-electron chi connectivity index (χ0n) is 26.8. The van der Waals surface area contributed by atoms with Crippen LogP contribution in [0.25, 0.3) is 11.4 Å². The maximum atomic E-state index is 13.7. The van der Waals surface area contributed by atoms with E-state index >= 15 is 0 Å². The van der Waals surface area contributed by atoms with Crippen molar-refractivity contribution in [2.75, 3.05) is 50.8 Å². The van der Waals surface area contributed by atoms with Crippen molar-refractivity contribution in [1.29, 1.82) is 0 Å². The van der Waals surface area contributed by atoms with Crippen molar-refractivity contribution in [3.63, 3.8) is 0 Å². The summed E-state index contributed by atoms with van der Waals surface area (Å²) in [4.78, 5) is 65.5. The lowest BCUT2D eigenvalue weighted by Crippen LogP contribution is -2.57. The van der Waals surface area contributed by atoms with E-state index in [2.05, 4.69) is 17.2 Å². The van der Waals surface area contributed by atoms with Gasteiger partial charge in [0.1, 0.15) is 23.7 Å². The standard InChI is InChI=1S/C33H44N6O7/c1-4-5-6-10-17-45-32(42)38-15-13-37(14-16-38)31(41)27(21(2)3)36-30(40)25-18-26(35-29(34-25)22-11-8-7-9-12-22)39-19-23-24(20-39)28(23)46-33(43)44/h7-9,11-12,18,21,23-24,27-28H,4-6,10,13-17,19-20H2,1-3H3,(H,36,40)(H,43,44)/t23-,24+,27-,28-/m0/s1. The van der Waals surface area contributed by atoms with Gasteiger partial charge in [0.15, 0.2) is 5.82 Å². The molecular formula is C33H44N6O7. The molecule has 0 unspecified atom stereocenters. The molecule has 0 spiro atoms. The van der Waals surface area contributed by atoms with Crippen molar-refractivity contribution in [3.8, 4) is 11.4 Å². The largest absolute Gasteiger partial charge is 0.506 e. The number of anilines is 1. The van der Waals surface area contributed by atoms with Crippen LogP contribution in [0.2, 0.25) is 0 Å². The molecule has 3 heterocycles. The van der Waals surface area contributed by atoms with Crippen LogP contribution in [0.1, 0.15) is 56.9 Å². The number of fused-ring (bicyclic) bond motifs is 1. The first-order valence-electron chi connectivity index (χ1n) is 16.3. The Kier molecular flexibility index (Phi) is 10.6. The summed E-state index contributed by atoms with van der Waals surface area (Å²) in [5.41, 5.74) is 0.872. The van der Waals surface area contributed by atoms with Crippen molar-refractivity contribution in [3.05, 3.63) is 42.1 Å². The number of nitrogens with zero attached hydrogens (tertiary/aromatic N) is 5. The van der Waals surface area contributed by atoms with Gasteiger partial charge in [-0.15, -0.1) is 0 Å². The molecule has 0 radical (unpaired) electrons. The van der Waals surface area contributed by atoms with Crippen LogP contribution < -0.4 is 10.2 Å². The SMILES string of the molecule is CCCCCCOC(=O)N1CCN(C(=O)[C@@H](NC(=O)c2cc(N3C[C@@H]4[C@H](C3)[C@@H]4OC(=O)O)nc(-c3ccccc3)n2)C(C)C)CC1. The number of carbonyl (C=O) groups is 4. The van der Waals surface area contributed by atoms with Crippen LogP contribution in [0.15, 0.2) is 36.4 Å². The summed E-state index contributed by atoms with van der Waals surface area (Å²) in [6, 6.07) is 10.2. The van der Waals surface area contributed by atoms with Crippen molar-refractivity contribution in [2.24, 2.45) is 17.8 Å². The Balaban J connectivity index is 1.24. The third-order valence-corrected chi connectivity index (χ3v) is 8.95. The highest BCUT2D eigenvalue weighted by Crippen LogP contribution is 2.48. The Morgan fingerprint density at radius 1 is 0.957 bits per heavy atom. The normalized spacial score (nSPS) is 21.0. The van der Waals surface area contributed by atoms with Gasteiger partial charge in [-0.1, -0.05) is 70.4 Å². The molecule has 1 aliphatic carbocycles. The molecule has 0 bridgehead atoms. The molecule has 3 aliphatic rings. The van der Waals surface area contributed by atoms with E-state index in [4.69, 9.17) is 19.6 Å². The molecule has 1 aromatic carbocycles. The van der Waals surface area contributed by atoms with Gasteiger partial charge in [-0.3, -0.25) is 9.59 Å². The molecule has 1 saturated carbocycles. The summed E-state index contributed by atoms with van der Waals surface area (Å²) >= 11 is 0. The molecule has 2 saturated heterocycles. The number of amides is 3. The highest BCUT2D eigenvalue weighted by atomic mass is 16.7. The first-order valence-corrected chi connectivity index (χ1v) is 16.3. The minimum Gasteiger partial charge on any atom is -0.450 e. The molecule has 1 aromatic heterocycles. The number of unbranched alkanes of at least 4 members (excludes halogenated alkanes) is 3. The molecular weight excluding hydrogens is 592 g/mol.